The second-order valence-electron chi connectivity index (χ2n) is 5.00. The number of piperidine rings is 1. The molecule has 2 rings (SSSR count). The number of carbonyl (C=O) groups is 2. The number of carboxylic acid groups (broad SMARTS) is 2. The molecule has 96 valence electrons. The summed E-state index contributed by atoms with van der Waals surface area (Å²) < 4.78 is 0. The van der Waals surface area contributed by atoms with Crippen molar-refractivity contribution >= 4 is 11.9 Å². The van der Waals surface area contributed by atoms with Crippen LogP contribution in [-0.4, -0.2) is 58.8 Å². The van der Waals surface area contributed by atoms with Crippen LogP contribution in [0.15, 0.2) is 0 Å². The van der Waals surface area contributed by atoms with E-state index in [4.69, 9.17) is 10.2 Å². The highest BCUT2D eigenvalue weighted by Gasteiger charge is 2.34. The third-order valence-electron chi connectivity index (χ3n) is 3.28. The van der Waals surface area contributed by atoms with E-state index < -0.39 is 17.9 Å². The summed E-state index contributed by atoms with van der Waals surface area (Å²) in [6.45, 7) is 0.893. The molecule has 6 nitrogen and oxygen atoms in total. The minimum Gasteiger partial charge on any atom is -0.481 e. The predicted molar refractivity (Wildman–Crippen MR) is 59.8 cm³/mol. The maximum Gasteiger partial charge on any atom is 0.317 e. The molecule has 2 aliphatic rings. The molecule has 0 aromatic carbocycles. The summed E-state index contributed by atoms with van der Waals surface area (Å²) in [6.07, 6.45) is 2.89. The van der Waals surface area contributed by atoms with Crippen molar-refractivity contribution in [3.63, 3.8) is 0 Å². The van der Waals surface area contributed by atoms with Crippen molar-refractivity contribution in [1.29, 1.82) is 0 Å². The number of likely N-dealkylation sites (tertiary alicyclic amines) is 1. The lowest BCUT2D eigenvalue weighted by Gasteiger charge is -2.35. The Morgan fingerprint density at radius 2 is 1.88 bits per heavy atom. The molecule has 1 saturated carbocycles. The summed E-state index contributed by atoms with van der Waals surface area (Å²) in [5, 5.41) is 21.2. The van der Waals surface area contributed by atoms with E-state index in [0.717, 1.165) is 12.8 Å². The smallest absolute Gasteiger partial charge is 0.317 e. The van der Waals surface area contributed by atoms with Crippen LogP contribution >= 0.6 is 0 Å². The molecule has 3 N–H and O–H groups in total. The first kappa shape index (κ1) is 12.3. The van der Waals surface area contributed by atoms with Crippen LogP contribution in [0.3, 0.4) is 0 Å². The van der Waals surface area contributed by atoms with Gasteiger partial charge < -0.3 is 15.5 Å². The van der Waals surface area contributed by atoms with Gasteiger partial charge in [-0.2, -0.15) is 0 Å². The molecule has 1 heterocycles. The van der Waals surface area contributed by atoms with E-state index >= 15 is 0 Å². The van der Waals surface area contributed by atoms with Crippen LogP contribution in [0.2, 0.25) is 0 Å². The van der Waals surface area contributed by atoms with Gasteiger partial charge in [-0.05, 0) is 19.3 Å². The zero-order valence-corrected chi connectivity index (χ0v) is 9.63. The molecule has 0 bridgehead atoms. The minimum absolute atomic E-state index is 0.0768. The van der Waals surface area contributed by atoms with Gasteiger partial charge in [-0.1, -0.05) is 0 Å². The van der Waals surface area contributed by atoms with Crippen LogP contribution in [0.5, 0.6) is 0 Å². The zero-order chi connectivity index (χ0) is 12.4. The van der Waals surface area contributed by atoms with Gasteiger partial charge in [0.1, 0.15) is 0 Å². The van der Waals surface area contributed by atoms with Gasteiger partial charge in [-0.25, -0.2) is 0 Å². The number of rotatable bonds is 5. The molecule has 0 amide bonds. The van der Waals surface area contributed by atoms with Gasteiger partial charge in [0.25, 0.3) is 0 Å². The molecule has 1 aliphatic heterocycles. The summed E-state index contributed by atoms with van der Waals surface area (Å²) in [7, 11) is 0. The normalized spacial score (nSPS) is 30.1. The maximum absolute atomic E-state index is 11.0. The molecule has 6 heteroatoms. The van der Waals surface area contributed by atoms with Crippen LogP contribution in [0.4, 0.5) is 0 Å². The number of hydrogen-bond acceptors (Lipinski definition) is 4. The molecular weight excluding hydrogens is 224 g/mol. The van der Waals surface area contributed by atoms with Crippen LogP contribution in [0.1, 0.15) is 19.3 Å². The number of hydrogen-bond donors (Lipinski definition) is 3. The molecule has 2 atom stereocenters. The minimum atomic E-state index is -0.902. The van der Waals surface area contributed by atoms with E-state index in [1.165, 1.54) is 0 Å². The summed E-state index contributed by atoms with van der Waals surface area (Å²) >= 11 is 0. The molecule has 0 aromatic rings. The average Bonchev–Trinajstić information content (AvgIpc) is 3.00. The number of carboxylic acids is 2. The molecule has 0 spiro atoms. The zero-order valence-electron chi connectivity index (χ0n) is 9.63. The molecule has 2 unspecified atom stereocenters. The largest absolute Gasteiger partial charge is 0.481 e. The molecule has 2 fully saturated rings. The van der Waals surface area contributed by atoms with Crippen LogP contribution in [0, 0.1) is 5.92 Å². The predicted octanol–water partition coefficient (Wildman–Crippen LogP) is -0.402. The first-order valence-electron chi connectivity index (χ1n) is 5.97. The summed E-state index contributed by atoms with van der Waals surface area (Å²) in [4.78, 5) is 23.4. The fourth-order valence-electron chi connectivity index (χ4n) is 2.39. The van der Waals surface area contributed by atoms with Gasteiger partial charge in [0, 0.05) is 25.2 Å². The van der Waals surface area contributed by atoms with Crippen LogP contribution in [-0.2, 0) is 9.59 Å². The van der Waals surface area contributed by atoms with Crippen molar-refractivity contribution in [3.05, 3.63) is 0 Å². The first-order chi connectivity index (χ1) is 8.04. The highest BCUT2D eigenvalue weighted by molar-refractivity contribution is 5.71. The van der Waals surface area contributed by atoms with Gasteiger partial charge in [-0.15, -0.1) is 0 Å². The van der Waals surface area contributed by atoms with Gasteiger partial charge in [0.2, 0.25) is 0 Å². The molecule has 1 aliphatic carbocycles. The number of nitrogens with zero attached hydrogens (tertiary/aromatic N) is 1. The Kier molecular flexibility index (Phi) is 3.63. The van der Waals surface area contributed by atoms with E-state index in [0.29, 0.717) is 25.6 Å². The number of aliphatic carboxylic acids is 2. The molecule has 0 radical (unpaired) electrons. The topological polar surface area (TPSA) is 89.9 Å². The van der Waals surface area contributed by atoms with E-state index in [1.54, 1.807) is 4.90 Å². The lowest BCUT2D eigenvalue weighted by molar-refractivity contribution is -0.146. The molecular formula is C11H18N2O4. The molecule has 17 heavy (non-hydrogen) atoms. The van der Waals surface area contributed by atoms with E-state index in [-0.39, 0.29) is 12.6 Å². The van der Waals surface area contributed by atoms with Gasteiger partial charge in [0.15, 0.2) is 0 Å². The Labute approximate surface area is 99.6 Å². The summed E-state index contributed by atoms with van der Waals surface area (Å²) in [6, 6.07) is 0.621. The van der Waals surface area contributed by atoms with Gasteiger partial charge in [0.05, 0.1) is 12.5 Å². The van der Waals surface area contributed by atoms with E-state index in [2.05, 4.69) is 5.32 Å². The van der Waals surface area contributed by atoms with Gasteiger partial charge in [-0.3, -0.25) is 14.5 Å². The SMILES string of the molecule is O=C(O)CN1CC(NC2CC2)CC(C(=O)O)C1. The Balaban J connectivity index is 1.92. The fourth-order valence-corrected chi connectivity index (χ4v) is 2.39. The van der Waals surface area contributed by atoms with E-state index in [9.17, 15) is 9.59 Å². The van der Waals surface area contributed by atoms with Crippen molar-refractivity contribution in [1.82, 2.24) is 10.2 Å². The Hall–Kier alpha value is -1.14. The number of nitrogens with one attached hydrogen (secondary N) is 1. The standard InChI is InChI=1S/C11H18N2O4/c14-10(15)6-13-4-7(11(16)17)3-9(5-13)12-8-1-2-8/h7-9,12H,1-6H2,(H,14,15)(H,16,17). The summed E-state index contributed by atoms with van der Waals surface area (Å²) in [5.41, 5.74) is 0. The first-order valence-corrected chi connectivity index (χ1v) is 5.97. The lowest BCUT2D eigenvalue weighted by Crippen LogP contribution is -2.52. The van der Waals surface area contributed by atoms with Crippen molar-refractivity contribution in [2.24, 2.45) is 5.92 Å². The van der Waals surface area contributed by atoms with Gasteiger partial charge >= 0.3 is 11.9 Å². The Bertz CT molecular complexity index is 317. The van der Waals surface area contributed by atoms with Crippen molar-refractivity contribution in [2.75, 3.05) is 19.6 Å². The third-order valence-corrected chi connectivity index (χ3v) is 3.28. The summed E-state index contributed by atoms with van der Waals surface area (Å²) in [5.74, 6) is -2.19. The van der Waals surface area contributed by atoms with Crippen molar-refractivity contribution < 1.29 is 19.8 Å². The highest BCUT2D eigenvalue weighted by atomic mass is 16.4. The quantitative estimate of drug-likeness (QED) is 0.607. The second-order valence-corrected chi connectivity index (χ2v) is 5.00. The Morgan fingerprint density at radius 3 is 2.41 bits per heavy atom. The highest BCUT2D eigenvalue weighted by Crippen LogP contribution is 2.24. The average molecular weight is 242 g/mol. The maximum atomic E-state index is 11.0. The van der Waals surface area contributed by atoms with E-state index in [1.807, 2.05) is 0 Å². The second kappa shape index (κ2) is 5.01. The molecule has 0 aromatic heterocycles. The monoisotopic (exact) mass is 242 g/mol. The van der Waals surface area contributed by atoms with Crippen LogP contribution in [0.25, 0.3) is 0 Å². The third kappa shape index (κ3) is 3.67. The van der Waals surface area contributed by atoms with Crippen LogP contribution < -0.4 is 5.32 Å². The lowest BCUT2D eigenvalue weighted by atomic mass is 9.94. The fraction of sp³-hybridized carbons (Fsp3) is 0.818. The van der Waals surface area contributed by atoms with Crippen molar-refractivity contribution in [3.8, 4) is 0 Å². The van der Waals surface area contributed by atoms with Crippen molar-refractivity contribution in [2.45, 2.75) is 31.3 Å². The molecule has 1 saturated heterocycles. The Morgan fingerprint density at radius 1 is 1.18 bits per heavy atom.